The summed E-state index contributed by atoms with van der Waals surface area (Å²) in [6.45, 7) is 0. The molecular weight excluding hydrogens is 192 g/mol. The van der Waals surface area contributed by atoms with Gasteiger partial charge in [-0.1, -0.05) is 0 Å². The number of imidazole rings is 1. The van der Waals surface area contributed by atoms with E-state index in [4.69, 9.17) is 0 Å². The van der Waals surface area contributed by atoms with Gasteiger partial charge in [-0.3, -0.25) is 0 Å². The predicted molar refractivity (Wildman–Crippen MR) is 45.6 cm³/mol. The summed E-state index contributed by atoms with van der Waals surface area (Å²) in [5.74, 6) is 0. The minimum absolute atomic E-state index is 0.375. The highest BCUT2D eigenvalue weighted by Crippen LogP contribution is 2.09. The van der Waals surface area contributed by atoms with Gasteiger partial charge in [-0.15, -0.1) is 0 Å². The zero-order valence-corrected chi connectivity index (χ0v) is 7.56. The van der Waals surface area contributed by atoms with Gasteiger partial charge in [0, 0.05) is 0 Å². The maximum absolute atomic E-state index is 11.2. The third-order valence-corrected chi connectivity index (χ3v) is 2.56. The van der Waals surface area contributed by atoms with Crippen molar-refractivity contribution >= 4 is 21.2 Å². The number of nitrogens with zero attached hydrogens (tertiary/aromatic N) is 4. The van der Waals surface area contributed by atoms with E-state index >= 15 is 0 Å². The van der Waals surface area contributed by atoms with Crippen LogP contribution in [0.15, 0.2) is 18.9 Å². The first-order valence-electron chi connectivity index (χ1n) is 3.42. The molecule has 0 unspecified atom stereocenters. The van der Waals surface area contributed by atoms with E-state index < -0.39 is 10.0 Å². The first-order valence-corrected chi connectivity index (χ1v) is 5.27. The summed E-state index contributed by atoms with van der Waals surface area (Å²) < 4.78 is 23.4. The van der Waals surface area contributed by atoms with E-state index in [0.29, 0.717) is 11.2 Å². The van der Waals surface area contributed by atoms with Crippen LogP contribution in [-0.4, -0.2) is 33.6 Å². The Morgan fingerprint density at radius 3 is 2.85 bits per heavy atom. The van der Waals surface area contributed by atoms with Gasteiger partial charge >= 0.3 is 0 Å². The number of rotatable bonds is 1. The number of fused-ring (bicyclic) bond motifs is 1. The second-order valence-electron chi connectivity index (χ2n) is 2.53. The van der Waals surface area contributed by atoms with Gasteiger partial charge in [-0.05, 0) is 0 Å². The van der Waals surface area contributed by atoms with Crippen molar-refractivity contribution < 1.29 is 8.42 Å². The molecule has 0 radical (unpaired) electrons. The summed E-state index contributed by atoms with van der Waals surface area (Å²) in [6.07, 6.45) is 5.05. The first-order chi connectivity index (χ1) is 6.09. The van der Waals surface area contributed by atoms with E-state index in [0.717, 1.165) is 10.2 Å². The van der Waals surface area contributed by atoms with Crippen LogP contribution in [0.25, 0.3) is 11.2 Å². The maximum Gasteiger partial charge on any atom is 0.237 e. The molecule has 0 aliphatic heterocycles. The topological polar surface area (TPSA) is 77.7 Å². The second kappa shape index (κ2) is 2.49. The van der Waals surface area contributed by atoms with Crippen LogP contribution in [0.5, 0.6) is 0 Å². The molecule has 0 saturated heterocycles. The molecule has 0 amide bonds. The highest BCUT2D eigenvalue weighted by atomic mass is 32.2. The van der Waals surface area contributed by atoms with Crippen molar-refractivity contribution in [3.63, 3.8) is 0 Å². The van der Waals surface area contributed by atoms with Crippen LogP contribution >= 0.6 is 0 Å². The Morgan fingerprint density at radius 2 is 2.15 bits per heavy atom. The van der Waals surface area contributed by atoms with Crippen LogP contribution in [0.3, 0.4) is 0 Å². The summed E-state index contributed by atoms with van der Waals surface area (Å²) in [5.41, 5.74) is 0.769. The molecule has 2 heterocycles. The van der Waals surface area contributed by atoms with E-state index in [1.807, 2.05) is 0 Å². The normalized spacial score (nSPS) is 12.1. The largest absolute Gasteiger partial charge is 0.242 e. The van der Waals surface area contributed by atoms with Gasteiger partial charge in [0.15, 0.2) is 5.65 Å². The quantitative estimate of drug-likeness (QED) is 0.625. The first kappa shape index (κ1) is 8.11. The number of hydrogen-bond acceptors (Lipinski definition) is 5. The fraction of sp³-hybridized carbons (Fsp3) is 0.167. The molecule has 0 atom stereocenters. The molecule has 2 aromatic heterocycles. The Balaban J connectivity index is 2.87. The molecular formula is C6H6N4O2S. The van der Waals surface area contributed by atoms with Crippen LogP contribution in [0.2, 0.25) is 0 Å². The van der Waals surface area contributed by atoms with Crippen molar-refractivity contribution in [3.8, 4) is 0 Å². The van der Waals surface area contributed by atoms with Crippen molar-refractivity contribution in [1.82, 2.24) is 18.9 Å². The molecule has 0 N–H and O–H groups in total. The molecule has 0 saturated carbocycles. The number of aromatic nitrogens is 4. The SMILES string of the molecule is CS(=O)(=O)n1cnc2ncncc21. The van der Waals surface area contributed by atoms with Gasteiger partial charge in [0.25, 0.3) is 0 Å². The van der Waals surface area contributed by atoms with Crippen molar-refractivity contribution in [2.45, 2.75) is 0 Å². The molecule has 0 bridgehead atoms. The van der Waals surface area contributed by atoms with Crippen LogP contribution in [-0.2, 0) is 10.0 Å². The minimum atomic E-state index is -3.31. The van der Waals surface area contributed by atoms with Crippen molar-refractivity contribution in [3.05, 3.63) is 18.9 Å². The molecule has 6 nitrogen and oxygen atoms in total. The summed E-state index contributed by atoms with van der Waals surface area (Å²) >= 11 is 0. The monoisotopic (exact) mass is 198 g/mol. The molecule has 68 valence electrons. The Bertz CT molecular complexity index is 545. The molecule has 0 fully saturated rings. The predicted octanol–water partition coefficient (Wildman–Crippen LogP) is -0.366. The summed E-state index contributed by atoms with van der Waals surface area (Å²) in [4.78, 5) is 11.3. The standard InChI is InChI=1S/C6H6N4O2S/c1-13(11,12)10-4-9-6-5(10)2-7-3-8-6/h2-4H,1H3. The zero-order chi connectivity index (χ0) is 9.47. The van der Waals surface area contributed by atoms with Crippen LogP contribution in [0.4, 0.5) is 0 Å². The van der Waals surface area contributed by atoms with Gasteiger partial charge < -0.3 is 0 Å². The van der Waals surface area contributed by atoms with E-state index in [1.165, 1.54) is 18.9 Å². The van der Waals surface area contributed by atoms with Crippen LogP contribution in [0, 0.1) is 0 Å². The third kappa shape index (κ3) is 1.26. The summed E-state index contributed by atoms with van der Waals surface area (Å²) in [7, 11) is -3.31. The lowest BCUT2D eigenvalue weighted by atomic mass is 10.6. The average molecular weight is 198 g/mol. The highest BCUT2D eigenvalue weighted by molar-refractivity contribution is 7.89. The van der Waals surface area contributed by atoms with Crippen molar-refractivity contribution in [1.29, 1.82) is 0 Å². The van der Waals surface area contributed by atoms with Gasteiger partial charge in [-0.25, -0.2) is 27.3 Å². The minimum Gasteiger partial charge on any atom is -0.242 e. The Kier molecular flexibility index (Phi) is 1.56. The lowest BCUT2D eigenvalue weighted by molar-refractivity contribution is 0.595. The molecule has 7 heteroatoms. The molecule has 0 aliphatic carbocycles. The Labute approximate surface area is 74.3 Å². The Morgan fingerprint density at radius 1 is 1.38 bits per heavy atom. The van der Waals surface area contributed by atoms with Crippen molar-refractivity contribution in [2.75, 3.05) is 6.26 Å². The maximum atomic E-state index is 11.2. The molecule has 0 aliphatic rings. The van der Waals surface area contributed by atoms with Gasteiger partial charge in [0.2, 0.25) is 10.0 Å². The van der Waals surface area contributed by atoms with Gasteiger partial charge in [0.1, 0.15) is 18.2 Å². The Hall–Kier alpha value is -1.50. The summed E-state index contributed by atoms with van der Waals surface area (Å²) in [6, 6.07) is 0. The van der Waals surface area contributed by atoms with E-state index in [-0.39, 0.29) is 0 Å². The molecule has 0 aromatic carbocycles. The molecule has 2 aromatic rings. The smallest absolute Gasteiger partial charge is 0.237 e. The van der Waals surface area contributed by atoms with E-state index in [1.54, 1.807) is 0 Å². The molecule has 0 spiro atoms. The van der Waals surface area contributed by atoms with E-state index in [2.05, 4.69) is 15.0 Å². The molecule has 2 rings (SSSR count). The average Bonchev–Trinajstić information content (AvgIpc) is 2.45. The van der Waals surface area contributed by atoms with Gasteiger partial charge in [-0.2, -0.15) is 0 Å². The number of hydrogen-bond donors (Lipinski definition) is 0. The lowest BCUT2D eigenvalue weighted by Gasteiger charge is -1.97. The van der Waals surface area contributed by atoms with E-state index in [9.17, 15) is 8.42 Å². The lowest BCUT2D eigenvalue weighted by Crippen LogP contribution is -2.08. The molecule has 13 heavy (non-hydrogen) atoms. The third-order valence-electron chi connectivity index (χ3n) is 1.55. The summed E-state index contributed by atoms with van der Waals surface area (Å²) in [5, 5.41) is 0. The van der Waals surface area contributed by atoms with Gasteiger partial charge in [0.05, 0.1) is 12.5 Å². The van der Waals surface area contributed by atoms with Crippen LogP contribution in [0.1, 0.15) is 0 Å². The second-order valence-corrected chi connectivity index (χ2v) is 4.39. The highest BCUT2D eigenvalue weighted by Gasteiger charge is 2.10. The fourth-order valence-corrected chi connectivity index (χ4v) is 1.71. The van der Waals surface area contributed by atoms with Crippen LogP contribution < -0.4 is 0 Å². The fourth-order valence-electron chi connectivity index (χ4n) is 1.00. The zero-order valence-electron chi connectivity index (χ0n) is 6.75. The van der Waals surface area contributed by atoms with Crippen molar-refractivity contribution in [2.24, 2.45) is 0 Å².